The Morgan fingerprint density at radius 2 is 2.32 bits per heavy atom. The van der Waals surface area contributed by atoms with Crippen molar-refractivity contribution in [3.05, 3.63) is 23.3 Å². The van der Waals surface area contributed by atoms with Crippen LogP contribution in [0, 0.1) is 6.92 Å². The third-order valence-electron chi connectivity index (χ3n) is 2.50. The number of amidine groups is 1. The molecule has 1 aliphatic rings. The molecule has 1 fully saturated rings. The largest absolute Gasteiger partial charge is 0.507 e. The van der Waals surface area contributed by atoms with E-state index in [-0.39, 0.29) is 11.7 Å². The molecule has 0 unspecified atom stereocenters. The Kier molecular flexibility index (Phi) is 4.06. The van der Waals surface area contributed by atoms with E-state index < -0.39 is 0 Å². The molecule has 0 aromatic heterocycles. The van der Waals surface area contributed by atoms with E-state index in [1.54, 1.807) is 6.07 Å². The number of amides is 1. The van der Waals surface area contributed by atoms with Gasteiger partial charge in [-0.15, -0.1) is 5.10 Å². The van der Waals surface area contributed by atoms with Crippen LogP contribution in [0.4, 0.5) is 0 Å². The van der Waals surface area contributed by atoms with E-state index in [9.17, 15) is 9.90 Å². The number of thioether (sulfide) groups is 1. The van der Waals surface area contributed by atoms with Crippen molar-refractivity contribution in [1.82, 2.24) is 5.32 Å². The summed E-state index contributed by atoms with van der Waals surface area (Å²) in [5, 5.41) is 20.6. The molecule has 7 heteroatoms. The van der Waals surface area contributed by atoms with Gasteiger partial charge in [0.15, 0.2) is 5.17 Å². The second kappa shape index (κ2) is 5.75. The minimum Gasteiger partial charge on any atom is -0.507 e. The Bertz CT molecular complexity index is 546. The number of carbonyl (C=O) groups excluding carboxylic acids is 1. The normalized spacial score (nSPS) is 17.2. The first kappa shape index (κ1) is 13.4. The maximum absolute atomic E-state index is 10.9. The molecule has 1 aromatic carbocycles. The summed E-state index contributed by atoms with van der Waals surface area (Å²) in [5.74, 6) is 0.935. The molecule has 0 spiro atoms. The topological polar surface area (TPSA) is 83.3 Å². The van der Waals surface area contributed by atoms with Crippen LogP contribution in [0.25, 0.3) is 0 Å². The molecule has 0 radical (unpaired) electrons. The molecule has 19 heavy (non-hydrogen) atoms. The fourth-order valence-corrected chi connectivity index (χ4v) is 2.18. The number of aromatic hydroxyl groups is 1. The van der Waals surface area contributed by atoms with Gasteiger partial charge in [0, 0.05) is 11.6 Å². The number of phenolic OH excluding ortho intramolecular Hbond substituents is 1. The standard InChI is InChI=1S/C12H13N3O3S/c1-7-3-8(18-2)4-10(16)9(7)5-13-15-12-14-11(17)6-19-12/h3-5,16H,6H2,1-2H3,(H,14,15,17). The van der Waals surface area contributed by atoms with Crippen LogP contribution in [0.15, 0.2) is 22.3 Å². The summed E-state index contributed by atoms with van der Waals surface area (Å²) < 4.78 is 5.05. The molecule has 1 saturated heterocycles. The van der Waals surface area contributed by atoms with Gasteiger partial charge in [0.25, 0.3) is 0 Å². The number of aryl methyl sites for hydroxylation is 1. The molecule has 1 aromatic rings. The first-order valence-electron chi connectivity index (χ1n) is 5.51. The quantitative estimate of drug-likeness (QED) is 0.644. The van der Waals surface area contributed by atoms with Gasteiger partial charge >= 0.3 is 0 Å². The smallest absolute Gasteiger partial charge is 0.236 e. The average Bonchev–Trinajstić information content (AvgIpc) is 2.78. The third-order valence-corrected chi connectivity index (χ3v) is 3.36. The lowest BCUT2D eigenvalue weighted by Crippen LogP contribution is -2.19. The summed E-state index contributed by atoms with van der Waals surface area (Å²) in [6.07, 6.45) is 1.45. The third kappa shape index (κ3) is 3.25. The molecular formula is C12H13N3O3S. The lowest BCUT2D eigenvalue weighted by molar-refractivity contribution is -0.116. The van der Waals surface area contributed by atoms with Crippen LogP contribution < -0.4 is 10.1 Å². The molecule has 0 atom stereocenters. The average molecular weight is 279 g/mol. The van der Waals surface area contributed by atoms with Crippen LogP contribution in [0.2, 0.25) is 0 Å². The zero-order chi connectivity index (χ0) is 13.8. The monoisotopic (exact) mass is 279 g/mol. The van der Waals surface area contributed by atoms with E-state index in [1.807, 2.05) is 6.92 Å². The van der Waals surface area contributed by atoms with Gasteiger partial charge in [0.05, 0.1) is 19.1 Å². The van der Waals surface area contributed by atoms with E-state index in [0.717, 1.165) is 5.56 Å². The molecule has 1 amide bonds. The van der Waals surface area contributed by atoms with Crippen molar-refractivity contribution >= 4 is 29.1 Å². The molecule has 100 valence electrons. The van der Waals surface area contributed by atoms with E-state index in [1.165, 1.54) is 31.2 Å². The summed E-state index contributed by atoms with van der Waals surface area (Å²) in [6.45, 7) is 1.84. The van der Waals surface area contributed by atoms with Crippen LogP contribution in [-0.4, -0.2) is 35.3 Å². The number of hydrogen-bond acceptors (Lipinski definition) is 6. The summed E-state index contributed by atoms with van der Waals surface area (Å²) in [6, 6.07) is 3.30. The number of rotatable bonds is 3. The van der Waals surface area contributed by atoms with Gasteiger partial charge in [-0.2, -0.15) is 5.10 Å². The SMILES string of the molecule is COc1cc(C)c(C=NN=C2NC(=O)CS2)c(O)c1. The Balaban J connectivity index is 2.17. The highest BCUT2D eigenvalue weighted by Crippen LogP contribution is 2.25. The van der Waals surface area contributed by atoms with Gasteiger partial charge in [0.2, 0.25) is 5.91 Å². The van der Waals surface area contributed by atoms with Gasteiger partial charge in [-0.3, -0.25) is 4.79 Å². The van der Waals surface area contributed by atoms with Gasteiger partial charge in [-0.1, -0.05) is 11.8 Å². The lowest BCUT2D eigenvalue weighted by Gasteiger charge is -2.06. The van der Waals surface area contributed by atoms with Crippen molar-refractivity contribution in [3.8, 4) is 11.5 Å². The molecule has 0 saturated carbocycles. The van der Waals surface area contributed by atoms with E-state index >= 15 is 0 Å². The number of ether oxygens (including phenoxy) is 1. The zero-order valence-electron chi connectivity index (χ0n) is 10.5. The van der Waals surface area contributed by atoms with Crippen molar-refractivity contribution in [3.63, 3.8) is 0 Å². The number of methoxy groups -OCH3 is 1. The molecule has 0 bridgehead atoms. The van der Waals surface area contributed by atoms with E-state index in [0.29, 0.717) is 22.2 Å². The highest BCUT2D eigenvalue weighted by atomic mass is 32.2. The Labute approximate surface area is 114 Å². The van der Waals surface area contributed by atoms with Crippen LogP contribution in [0.5, 0.6) is 11.5 Å². The molecule has 1 heterocycles. The zero-order valence-corrected chi connectivity index (χ0v) is 11.3. The van der Waals surface area contributed by atoms with Crippen molar-refractivity contribution in [2.75, 3.05) is 12.9 Å². The van der Waals surface area contributed by atoms with Gasteiger partial charge in [-0.25, -0.2) is 0 Å². The van der Waals surface area contributed by atoms with E-state index in [2.05, 4.69) is 15.5 Å². The Morgan fingerprint density at radius 3 is 2.89 bits per heavy atom. The number of carbonyl (C=O) groups is 1. The van der Waals surface area contributed by atoms with Gasteiger partial charge < -0.3 is 15.2 Å². The van der Waals surface area contributed by atoms with Crippen LogP contribution in [0.3, 0.4) is 0 Å². The Morgan fingerprint density at radius 1 is 1.53 bits per heavy atom. The highest BCUT2D eigenvalue weighted by Gasteiger charge is 2.16. The fourth-order valence-electron chi connectivity index (χ4n) is 1.55. The molecule has 2 N–H and O–H groups in total. The number of hydrogen-bond donors (Lipinski definition) is 2. The number of benzene rings is 1. The highest BCUT2D eigenvalue weighted by molar-refractivity contribution is 8.15. The van der Waals surface area contributed by atoms with Crippen molar-refractivity contribution in [1.29, 1.82) is 0 Å². The summed E-state index contributed by atoms with van der Waals surface area (Å²) in [7, 11) is 1.54. The van der Waals surface area contributed by atoms with E-state index in [4.69, 9.17) is 4.74 Å². The Hall–Kier alpha value is -2.02. The second-order valence-electron chi connectivity index (χ2n) is 3.86. The van der Waals surface area contributed by atoms with Crippen LogP contribution >= 0.6 is 11.8 Å². The van der Waals surface area contributed by atoms with Gasteiger partial charge in [0.1, 0.15) is 11.5 Å². The summed E-state index contributed by atoms with van der Waals surface area (Å²) >= 11 is 1.29. The van der Waals surface area contributed by atoms with Crippen LogP contribution in [-0.2, 0) is 4.79 Å². The second-order valence-corrected chi connectivity index (χ2v) is 4.83. The molecule has 1 aliphatic heterocycles. The predicted octanol–water partition coefficient (Wildman–Crippen LogP) is 1.26. The van der Waals surface area contributed by atoms with Crippen molar-refractivity contribution in [2.24, 2.45) is 10.2 Å². The first-order chi connectivity index (χ1) is 9.10. The molecular weight excluding hydrogens is 266 g/mol. The van der Waals surface area contributed by atoms with Crippen molar-refractivity contribution < 1.29 is 14.6 Å². The summed E-state index contributed by atoms with van der Waals surface area (Å²) in [4.78, 5) is 10.9. The van der Waals surface area contributed by atoms with Crippen molar-refractivity contribution in [2.45, 2.75) is 6.92 Å². The molecule has 6 nitrogen and oxygen atoms in total. The molecule has 0 aliphatic carbocycles. The minimum atomic E-state index is -0.0811. The number of nitrogens with zero attached hydrogens (tertiary/aromatic N) is 2. The maximum atomic E-state index is 10.9. The number of phenols is 1. The number of nitrogens with one attached hydrogen (secondary N) is 1. The fraction of sp³-hybridized carbons (Fsp3) is 0.250. The lowest BCUT2D eigenvalue weighted by atomic mass is 10.1. The minimum absolute atomic E-state index is 0.0731. The maximum Gasteiger partial charge on any atom is 0.236 e. The molecule has 2 rings (SSSR count). The summed E-state index contributed by atoms with van der Waals surface area (Å²) in [5.41, 5.74) is 1.39. The first-order valence-corrected chi connectivity index (χ1v) is 6.50. The van der Waals surface area contributed by atoms with Crippen LogP contribution in [0.1, 0.15) is 11.1 Å². The van der Waals surface area contributed by atoms with Gasteiger partial charge in [-0.05, 0) is 18.6 Å². The predicted molar refractivity (Wildman–Crippen MR) is 75.0 cm³/mol.